The number of hydrogen-bond donors (Lipinski definition) is 2. The molecule has 0 aliphatic heterocycles. The summed E-state index contributed by atoms with van der Waals surface area (Å²) in [6.07, 6.45) is 0. The van der Waals surface area contributed by atoms with Crippen molar-refractivity contribution >= 4 is 69.6 Å². The van der Waals surface area contributed by atoms with Gasteiger partial charge < -0.3 is 10.2 Å². The van der Waals surface area contributed by atoms with Crippen LogP contribution in [0.25, 0.3) is 0 Å². The van der Waals surface area contributed by atoms with Gasteiger partial charge in [0, 0.05) is 11.1 Å². The van der Waals surface area contributed by atoms with E-state index < -0.39 is 7.59 Å². The van der Waals surface area contributed by atoms with Crippen molar-refractivity contribution in [3.63, 3.8) is 0 Å². The molecule has 33 heavy (non-hydrogen) atoms. The number of para-hydroxylation sites is 2. The molecule has 4 aromatic carbocycles. The average Bonchev–Trinajstić information content (AvgIpc) is 3.46. The Kier molecular flexibility index (Phi) is 16.6. The Labute approximate surface area is 243 Å². The molecular weight excluding hydrogens is 624 g/mol. The number of aromatic hydroxyl groups is 2. The van der Waals surface area contributed by atoms with Crippen LogP contribution in [0.3, 0.4) is 0 Å². The number of phenolic OH excluding ortho intramolecular Hbond substituents is 2. The molecule has 0 unspecified atom stereocenters. The van der Waals surface area contributed by atoms with Crippen molar-refractivity contribution in [3.05, 3.63) is 120 Å². The Morgan fingerprint density at radius 2 is 0.758 bits per heavy atom. The zero-order valence-corrected chi connectivity index (χ0v) is 24.0. The number of phenols is 2. The number of alkyl halides is 6. The minimum Gasteiger partial charge on any atom is -0.508 e. The first-order valence-corrected chi connectivity index (χ1v) is 11.3. The summed E-state index contributed by atoms with van der Waals surface area (Å²) in [4.78, 5) is 0. The van der Waals surface area contributed by atoms with Gasteiger partial charge in [0.1, 0.15) is 11.5 Å². The zero-order chi connectivity index (χ0) is 24.0. The van der Waals surface area contributed by atoms with Gasteiger partial charge in [-0.1, -0.05) is 106 Å². The van der Waals surface area contributed by atoms with Gasteiger partial charge in [-0.15, -0.1) is 0 Å². The van der Waals surface area contributed by atoms with Gasteiger partial charge in [0.05, 0.1) is 0 Å². The Morgan fingerprint density at radius 1 is 0.485 bits per heavy atom. The van der Waals surface area contributed by atoms with Crippen molar-refractivity contribution in [2.45, 2.75) is 7.59 Å². The molecule has 4 aromatic rings. The van der Waals surface area contributed by atoms with Crippen LogP contribution in [0.4, 0.5) is 0 Å². The Hall–Kier alpha value is -0.637. The SMILES string of the molecule is Oc1ccccc1C(Cl)(Cl)Cl.Oc1ccccc1C(Cl)(Cl)Cl.[Zr+2].c1cc[cH-]c1.c1cc[cH-]c1. The molecular formula is C24H20Cl6O2Zr. The van der Waals surface area contributed by atoms with Gasteiger partial charge in [-0.25, -0.2) is 24.3 Å². The molecule has 0 heterocycles. The van der Waals surface area contributed by atoms with E-state index in [0.717, 1.165) is 0 Å². The van der Waals surface area contributed by atoms with Crippen LogP contribution in [0.1, 0.15) is 11.1 Å². The largest absolute Gasteiger partial charge is 2.00 e. The van der Waals surface area contributed by atoms with E-state index in [-0.39, 0.29) is 37.7 Å². The van der Waals surface area contributed by atoms with Crippen LogP contribution in [-0.4, -0.2) is 10.2 Å². The van der Waals surface area contributed by atoms with Crippen LogP contribution in [0.5, 0.6) is 11.5 Å². The van der Waals surface area contributed by atoms with E-state index in [1.54, 1.807) is 36.4 Å². The molecule has 0 fully saturated rings. The number of hydrogen-bond acceptors (Lipinski definition) is 2. The maximum absolute atomic E-state index is 9.19. The molecule has 0 saturated heterocycles. The standard InChI is InChI=1S/2C7H5Cl3O.2C5H5.Zr/c2*8-7(9,10)5-3-1-2-4-6(5)11;2*1-2-4-5-3-1;/h2*1-4,11H;2*1-5H;/q;;2*-1;+2. The smallest absolute Gasteiger partial charge is 0.508 e. The van der Waals surface area contributed by atoms with Gasteiger partial charge in [-0.05, 0) is 12.1 Å². The molecule has 174 valence electrons. The summed E-state index contributed by atoms with van der Waals surface area (Å²) < 4.78 is -3.10. The first-order valence-electron chi connectivity index (χ1n) is 9.07. The minimum atomic E-state index is -1.55. The van der Waals surface area contributed by atoms with E-state index in [1.165, 1.54) is 12.1 Å². The van der Waals surface area contributed by atoms with Gasteiger partial charge in [0.25, 0.3) is 0 Å². The van der Waals surface area contributed by atoms with E-state index in [9.17, 15) is 10.2 Å². The molecule has 4 rings (SSSR count). The summed E-state index contributed by atoms with van der Waals surface area (Å²) in [6, 6.07) is 32.8. The minimum absolute atomic E-state index is 0. The Bertz CT molecular complexity index is 863. The zero-order valence-electron chi connectivity index (χ0n) is 17.1. The second-order valence-electron chi connectivity index (χ2n) is 5.95. The van der Waals surface area contributed by atoms with Crippen LogP contribution in [0.2, 0.25) is 0 Å². The Balaban J connectivity index is 0.000000434. The number of halogens is 6. The van der Waals surface area contributed by atoms with Crippen LogP contribution in [0, 0.1) is 0 Å². The molecule has 9 heteroatoms. The first kappa shape index (κ1) is 32.4. The fraction of sp³-hybridized carbons (Fsp3) is 0.0833. The van der Waals surface area contributed by atoms with E-state index in [0.29, 0.717) is 11.1 Å². The van der Waals surface area contributed by atoms with Crippen LogP contribution < -0.4 is 0 Å². The van der Waals surface area contributed by atoms with Crippen LogP contribution >= 0.6 is 69.6 Å². The molecule has 2 nitrogen and oxygen atoms in total. The van der Waals surface area contributed by atoms with Crippen molar-refractivity contribution in [1.29, 1.82) is 0 Å². The summed E-state index contributed by atoms with van der Waals surface area (Å²) in [5.41, 5.74) is 0.593. The van der Waals surface area contributed by atoms with Crippen LogP contribution in [0.15, 0.2) is 109 Å². The summed E-state index contributed by atoms with van der Waals surface area (Å²) in [5.74, 6) is -0.0139. The molecule has 0 spiro atoms. The molecule has 0 bridgehead atoms. The van der Waals surface area contributed by atoms with E-state index >= 15 is 0 Å². The van der Waals surface area contributed by atoms with Gasteiger partial charge in [-0.3, -0.25) is 0 Å². The predicted molar refractivity (Wildman–Crippen MR) is 139 cm³/mol. The molecule has 0 atom stereocenters. The number of rotatable bonds is 0. The molecule has 0 aromatic heterocycles. The first-order chi connectivity index (χ1) is 15.0. The molecule has 0 amide bonds. The van der Waals surface area contributed by atoms with Gasteiger partial charge in [-0.2, -0.15) is 36.4 Å². The topological polar surface area (TPSA) is 40.5 Å². The monoisotopic (exact) mass is 640 g/mol. The molecule has 2 N–H and O–H groups in total. The third-order valence-corrected chi connectivity index (χ3v) is 4.75. The van der Waals surface area contributed by atoms with Gasteiger partial charge in [0.15, 0.2) is 0 Å². The summed E-state index contributed by atoms with van der Waals surface area (Å²) >= 11 is 33.2. The fourth-order valence-electron chi connectivity index (χ4n) is 2.07. The van der Waals surface area contributed by atoms with Crippen molar-refractivity contribution in [2.75, 3.05) is 0 Å². The summed E-state index contributed by atoms with van der Waals surface area (Å²) in [6.45, 7) is 0. The Morgan fingerprint density at radius 3 is 0.909 bits per heavy atom. The van der Waals surface area contributed by atoms with Crippen molar-refractivity contribution in [2.24, 2.45) is 0 Å². The number of benzene rings is 2. The predicted octanol–water partition coefficient (Wildman–Crippen LogP) is 9.25. The second-order valence-corrected chi connectivity index (χ2v) is 10.5. The van der Waals surface area contributed by atoms with E-state index in [1.807, 2.05) is 60.7 Å². The second kappa shape index (κ2) is 16.9. The van der Waals surface area contributed by atoms with Crippen LogP contribution in [-0.2, 0) is 33.8 Å². The summed E-state index contributed by atoms with van der Waals surface area (Å²) in [5, 5.41) is 18.4. The van der Waals surface area contributed by atoms with E-state index in [4.69, 9.17) is 69.6 Å². The molecule has 0 aliphatic carbocycles. The third kappa shape index (κ3) is 14.4. The molecule has 0 radical (unpaired) electrons. The third-order valence-electron chi connectivity index (χ3n) is 3.53. The van der Waals surface area contributed by atoms with E-state index in [2.05, 4.69) is 0 Å². The van der Waals surface area contributed by atoms with Crippen molar-refractivity contribution in [1.82, 2.24) is 0 Å². The van der Waals surface area contributed by atoms with Crippen molar-refractivity contribution < 1.29 is 36.4 Å². The maximum Gasteiger partial charge on any atom is 2.00 e. The fourth-order valence-corrected chi connectivity index (χ4v) is 3.03. The quantitative estimate of drug-likeness (QED) is 0.148. The maximum atomic E-state index is 9.19. The summed E-state index contributed by atoms with van der Waals surface area (Å²) in [7, 11) is 0. The average molecular weight is 644 g/mol. The van der Waals surface area contributed by atoms with Gasteiger partial charge >= 0.3 is 26.2 Å². The molecule has 0 aliphatic rings. The van der Waals surface area contributed by atoms with Gasteiger partial charge in [0.2, 0.25) is 7.59 Å². The molecule has 0 saturated carbocycles. The van der Waals surface area contributed by atoms with Crippen molar-refractivity contribution in [3.8, 4) is 11.5 Å². The normalized spacial score (nSPS) is 10.1.